The van der Waals surface area contributed by atoms with E-state index in [1.54, 1.807) is 20.8 Å². The maximum Gasteiger partial charge on any atom is 0.479 e. The third-order valence-electron chi connectivity index (χ3n) is 4.05. The van der Waals surface area contributed by atoms with Gasteiger partial charge in [-0.2, -0.15) is 4.98 Å². The molecule has 12 nitrogen and oxygen atoms in total. The van der Waals surface area contributed by atoms with Crippen molar-refractivity contribution < 1.29 is 45.9 Å². The molecule has 32 heavy (non-hydrogen) atoms. The van der Waals surface area contributed by atoms with Crippen LogP contribution in [0.2, 0.25) is 0 Å². The number of esters is 1. The van der Waals surface area contributed by atoms with Gasteiger partial charge in [0.25, 0.3) is 5.92 Å². The number of halogens is 2. The van der Waals surface area contributed by atoms with Crippen molar-refractivity contribution in [1.29, 1.82) is 0 Å². The lowest BCUT2D eigenvalue weighted by Gasteiger charge is -2.21. The van der Waals surface area contributed by atoms with Crippen LogP contribution in [0.5, 0.6) is 0 Å². The number of rotatable bonds is 10. The van der Waals surface area contributed by atoms with E-state index in [0.29, 0.717) is 4.57 Å². The molecule has 2 heterocycles. The Morgan fingerprint density at radius 2 is 2.00 bits per heavy atom. The number of carbonyl (C=O) groups is 1. The second-order valence-corrected chi connectivity index (χ2v) is 9.49. The summed E-state index contributed by atoms with van der Waals surface area (Å²) in [5.74, 6) is -4.23. The van der Waals surface area contributed by atoms with Gasteiger partial charge in [0.1, 0.15) is 5.82 Å². The summed E-state index contributed by atoms with van der Waals surface area (Å²) in [4.78, 5) is 27.1. The zero-order valence-electron chi connectivity index (χ0n) is 18.0. The minimum Gasteiger partial charge on any atom is -0.437 e. The molecule has 2 N–H and O–H groups in total. The first-order valence-corrected chi connectivity index (χ1v) is 10.8. The molecule has 2 rings (SSSR count). The average molecular weight is 485 g/mol. The van der Waals surface area contributed by atoms with Crippen LogP contribution in [0.25, 0.3) is 0 Å². The van der Waals surface area contributed by atoms with Crippen molar-refractivity contribution in [1.82, 2.24) is 9.55 Å². The van der Waals surface area contributed by atoms with Crippen LogP contribution >= 0.6 is 7.82 Å². The molecule has 0 radical (unpaired) electrons. The number of carbonyl (C=O) groups excluding carboxylic acids is 1. The van der Waals surface area contributed by atoms with Crippen molar-refractivity contribution in [2.45, 2.75) is 45.4 Å². The second-order valence-electron chi connectivity index (χ2n) is 7.83. The average Bonchev–Trinajstić information content (AvgIpc) is 2.98. The third-order valence-corrected chi connectivity index (χ3v) is 5.36. The smallest absolute Gasteiger partial charge is 0.437 e. The van der Waals surface area contributed by atoms with E-state index in [0.717, 1.165) is 6.20 Å². The van der Waals surface area contributed by atoms with Crippen LogP contribution in [0.3, 0.4) is 0 Å². The van der Waals surface area contributed by atoms with Crippen LogP contribution < -0.4 is 11.4 Å². The number of nitrogens with two attached hydrogens (primary N) is 1. The minimum atomic E-state index is -4.37. The predicted molar refractivity (Wildman–Crippen MR) is 104 cm³/mol. The number of hydrogen-bond acceptors (Lipinski definition) is 11. The quantitative estimate of drug-likeness (QED) is 0.295. The van der Waals surface area contributed by atoms with Gasteiger partial charge in [-0.25, -0.2) is 22.7 Å². The van der Waals surface area contributed by atoms with Crippen LogP contribution in [0.15, 0.2) is 17.1 Å². The number of nitrogen functional groups attached to an aromatic ring is 1. The molecular formula is C17H26F2N3O9P. The summed E-state index contributed by atoms with van der Waals surface area (Å²) < 4.78 is 71.8. The molecule has 1 aromatic heterocycles. The molecule has 0 bridgehead atoms. The van der Waals surface area contributed by atoms with Crippen LogP contribution in [0, 0.1) is 5.41 Å². The first kappa shape index (κ1) is 26.3. The van der Waals surface area contributed by atoms with Gasteiger partial charge in [-0.3, -0.25) is 18.4 Å². The number of nitrogens with zero attached hydrogens (tertiary/aromatic N) is 2. The van der Waals surface area contributed by atoms with Gasteiger partial charge in [0.2, 0.25) is 13.0 Å². The molecule has 1 fully saturated rings. The summed E-state index contributed by atoms with van der Waals surface area (Å²) in [5.41, 5.74) is 3.51. The maximum absolute atomic E-state index is 14.4. The fourth-order valence-corrected chi connectivity index (χ4v) is 3.46. The van der Waals surface area contributed by atoms with Gasteiger partial charge in [-0.05, 0) is 26.8 Å². The minimum absolute atomic E-state index is 0.131. The Labute approximate surface area is 182 Å². The van der Waals surface area contributed by atoms with E-state index in [1.165, 1.54) is 13.2 Å². The third kappa shape index (κ3) is 7.02. The maximum atomic E-state index is 14.4. The van der Waals surface area contributed by atoms with E-state index >= 15 is 0 Å². The zero-order valence-corrected chi connectivity index (χ0v) is 18.9. The van der Waals surface area contributed by atoms with Crippen LogP contribution in [-0.4, -0.2) is 54.8 Å². The van der Waals surface area contributed by atoms with Gasteiger partial charge in [0.15, 0.2) is 6.79 Å². The Bertz CT molecular complexity index is 906. The molecular weight excluding hydrogens is 459 g/mol. The van der Waals surface area contributed by atoms with Crippen molar-refractivity contribution in [2.24, 2.45) is 5.41 Å². The van der Waals surface area contributed by atoms with E-state index in [2.05, 4.69) is 9.72 Å². The summed E-state index contributed by atoms with van der Waals surface area (Å²) >= 11 is 0. The fraction of sp³-hybridized carbons (Fsp3) is 0.706. The van der Waals surface area contributed by atoms with E-state index in [4.69, 9.17) is 28.8 Å². The first-order valence-electron chi connectivity index (χ1n) is 9.35. The van der Waals surface area contributed by atoms with E-state index in [1.807, 2.05) is 0 Å². The summed E-state index contributed by atoms with van der Waals surface area (Å²) in [5, 5.41) is 0. The number of anilines is 1. The molecule has 182 valence electrons. The summed E-state index contributed by atoms with van der Waals surface area (Å²) in [6.07, 6.45) is -3.06. The summed E-state index contributed by atoms with van der Waals surface area (Å²) in [6, 6.07) is 1.17. The number of alkyl halides is 2. The molecule has 0 amide bonds. The predicted octanol–water partition coefficient (Wildman–Crippen LogP) is 2.06. The van der Waals surface area contributed by atoms with Gasteiger partial charge in [-0.15, -0.1) is 0 Å². The van der Waals surface area contributed by atoms with E-state index in [9.17, 15) is 22.9 Å². The number of hydrogen-bond donors (Lipinski definition) is 1. The van der Waals surface area contributed by atoms with Gasteiger partial charge >= 0.3 is 19.5 Å². The topological polar surface area (TPSA) is 150 Å². The van der Waals surface area contributed by atoms with Gasteiger partial charge in [0.05, 0.1) is 18.1 Å². The van der Waals surface area contributed by atoms with E-state index in [-0.39, 0.29) is 5.82 Å². The standard InChI is InChI=1S/C17H26F2N3O9P/c1-16(2,3)14(23)27-10-30-32(25,29-9-26-4)28-8-11-7-17(18,19)13(31-11)22-6-5-12(20)21-15(22)24/h5-6,11,13H,7-10H2,1-4H3,(H2,20,21,24). The molecule has 1 aromatic rings. The van der Waals surface area contributed by atoms with Crippen LogP contribution in [0.1, 0.15) is 33.4 Å². The highest BCUT2D eigenvalue weighted by atomic mass is 31.2. The molecule has 15 heteroatoms. The molecule has 0 saturated carbocycles. The fourth-order valence-electron chi connectivity index (χ4n) is 2.47. The Morgan fingerprint density at radius 3 is 2.59 bits per heavy atom. The molecule has 3 unspecified atom stereocenters. The van der Waals surface area contributed by atoms with Gasteiger partial charge < -0.3 is 19.9 Å². The molecule has 3 atom stereocenters. The highest BCUT2D eigenvalue weighted by Crippen LogP contribution is 2.51. The molecule has 1 aliphatic heterocycles. The Kier molecular flexibility index (Phi) is 8.48. The number of phosphoric ester groups is 1. The Morgan fingerprint density at radius 1 is 1.34 bits per heavy atom. The lowest BCUT2D eigenvalue weighted by Crippen LogP contribution is -2.35. The lowest BCUT2D eigenvalue weighted by atomic mass is 9.98. The van der Waals surface area contributed by atoms with Crippen LogP contribution in [-0.2, 0) is 37.1 Å². The van der Waals surface area contributed by atoms with Crippen molar-refractivity contribution in [3.8, 4) is 0 Å². The first-order chi connectivity index (χ1) is 14.8. The van der Waals surface area contributed by atoms with Crippen molar-refractivity contribution >= 4 is 19.6 Å². The Hall–Kier alpha value is -1.96. The van der Waals surface area contributed by atoms with Crippen molar-refractivity contribution in [2.75, 3.05) is 33.0 Å². The number of aromatic nitrogens is 2. The normalized spacial score (nSPS) is 22.4. The molecule has 1 saturated heterocycles. The van der Waals surface area contributed by atoms with Crippen LogP contribution in [0.4, 0.5) is 14.6 Å². The summed E-state index contributed by atoms with van der Waals surface area (Å²) in [6.45, 7) is 2.88. The molecule has 1 aliphatic rings. The highest BCUT2D eigenvalue weighted by Gasteiger charge is 2.52. The monoisotopic (exact) mass is 485 g/mol. The highest BCUT2D eigenvalue weighted by molar-refractivity contribution is 7.48. The SMILES string of the molecule is COCOP(=O)(OCOC(=O)C(C)(C)C)OCC1CC(F)(F)C(n2ccc(N)nc2=O)O1. The summed E-state index contributed by atoms with van der Waals surface area (Å²) in [7, 11) is -3.13. The molecule has 0 aliphatic carbocycles. The van der Waals surface area contributed by atoms with Gasteiger partial charge in [0, 0.05) is 19.7 Å². The van der Waals surface area contributed by atoms with Gasteiger partial charge in [-0.1, -0.05) is 0 Å². The Balaban J connectivity index is 2.02. The van der Waals surface area contributed by atoms with Crippen molar-refractivity contribution in [3.05, 3.63) is 22.7 Å². The number of phosphoric acid groups is 1. The van der Waals surface area contributed by atoms with Crippen molar-refractivity contribution in [3.63, 3.8) is 0 Å². The largest absolute Gasteiger partial charge is 0.479 e. The molecule has 0 aromatic carbocycles. The number of methoxy groups -OCH3 is 1. The second kappa shape index (κ2) is 10.3. The van der Waals surface area contributed by atoms with E-state index < -0.39 is 69.8 Å². The molecule has 0 spiro atoms. The number of ether oxygens (including phenoxy) is 3. The zero-order chi connectivity index (χ0) is 24.2. The lowest BCUT2D eigenvalue weighted by molar-refractivity contribution is -0.161.